The highest BCUT2D eigenvalue weighted by Crippen LogP contribution is 2.45. The number of hydrogen-bond donors (Lipinski definition) is 0. The second kappa shape index (κ2) is 4.97. The first kappa shape index (κ1) is 14.0. The van der Waals surface area contributed by atoms with Gasteiger partial charge in [-0.05, 0) is 0 Å². The van der Waals surface area contributed by atoms with Crippen LogP contribution in [0.25, 0.3) is 0 Å². The highest BCUT2D eigenvalue weighted by Gasteiger charge is 2.65. The second-order valence-electron chi connectivity index (χ2n) is 4.98. The van der Waals surface area contributed by atoms with Crippen molar-refractivity contribution < 1.29 is 33.9 Å². The van der Waals surface area contributed by atoms with E-state index < -0.39 is 23.5 Å². The van der Waals surface area contributed by atoms with Gasteiger partial charge in [-0.1, -0.05) is 60.7 Å². The zero-order chi connectivity index (χ0) is 15.9. The molecular weight excluding hydrogens is 304 g/mol. The lowest BCUT2D eigenvalue weighted by atomic mass is 10.1. The van der Waals surface area contributed by atoms with Gasteiger partial charge in [0.25, 0.3) is 0 Å². The summed E-state index contributed by atoms with van der Waals surface area (Å²) in [5, 5.41) is 0. The normalized spacial score (nSPS) is 19.7. The second-order valence-corrected chi connectivity index (χ2v) is 4.98. The molecule has 2 heterocycles. The molecular formula is C16H10O7. The van der Waals surface area contributed by atoms with E-state index >= 15 is 0 Å². The summed E-state index contributed by atoms with van der Waals surface area (Å²) in [4.78, 5) is 43.6. The highest BCUT2D eigenvalue weighted by atomic mass is 17.4. The van der Waals surface area contributed by atoms with Crippen molar-refractivity contribution in [2.75, 3.05) is 0 Å². The van der Waals surface area contributed by atoms with Gasteiger partial charge in [0.1, 0.15) is 0 Å². The summed E-state index contributed by atoms with van der Waals surface area (Å²) in [5.41, 5.74) is 0.841. The maximum Gasteiger partial charge on any atom is 0.385 e. The average molecular weight is 314 g/mol. The van der Waals surface area contributed by atoms with E-state index in [1.807, 2.05) is 0 Å². The third-order valence-corrected chi connectivity index (χ3v) is 3.53. The van der Waals surface area contributed by atoms with Gasteiger partial charge in [-0.25, -0.2) is 9.59 Å². The molecule has 2 aromatic rings. The Morgan fingerprint density at radius 3 is 1.30 bits per heavy atom. The topological polar surface area (TPSA) is 93.5 Å². The monoisotopic (exact) mass is 314 g/mol. The Morgan fingerprint density at radius 2 is 1.00 bits per heavy atom. The molecule has 2 aromatic carbocycles. The van der Waals surface area contributed by atoms with E-state index in [-0.39, 0.29) is 0 Å². The Kier molecular flexibility index (Phi) is 3.03. The van der Waals surface area contributed by atoms with E-state index in [0.717, 1.165) is 0 Å². The molecule has 7 nitrogen and oxygen atoms in total. The van der Waals surface area contributed by atoms with E-state index in [1.54, 1.807) is 60.7 Å². The van der Waals surface area contributed by atoms with Gasteiger partial charge in [0, 0.05) is 11.1 Å². The van der Waals surface area contributed by atoms with Crippen LogP contribution in [0.1, 0.15) is 11.1 Å². The molecule has 0 saturated carbocycles. The van der Waals surface area contributed by atoms with Crippen LogP contribution in [0.5, 0.6) is 0 Å². The zero-order valence-corrected chi connectivity index (χ0v) is 11.6. The molecule has 23 heavy (non-hydrogen) atoms. The molecule has 2 aliphatic rings. The quantitative estimate of drug-likeness (QED) is 0.367. The maximum atomic E-state index is 12.2. The summed E-state index contributed by atoms with van der Waals surface area (Å²) in [6, 6.07) is 16.8. The van der Waals surface area contributed by atoms with Crippen molar-refractivity contribution in [3.05, 3.63) is 71.8 Å². The molecule has 0 bridgehead atoms. The Bertz CT molecular complexity index is 683. The van der Waals surface area contributed by atoms with Gasteiger partial charge in [-0.15, -0.1) is 0 Å². The van der Waals surface area contributed by atoms with Crippen molar-refractivity contribution in [3.63, 3.8) is 0 Å². The lowest BCUT2D eigenvalue weighted by Gasteiger charge is -2.09. The number of benzene rings is 2. The molecule has 2 fully saturated rings. The van der Waals surface area contributed by atoms with E-state index in [0.29, 0.717) is 11.1 Å². The van der Waals surface area contributed by atoms with Crippen molar-refractivity contribution in [2.24, 2.45) is 0 Å². The lowest BCUT2D eigenvalue weighted by Crippen LogP contribution is -2.33. The first-order valence-corrected chi connectivity index (χ1v) is 6.79. The summed E-state index contributed by atoms with van der Waals surface area (Å²) in [5.74, 6) is -5.43. The minimum atomic E-state index is -1.72. The fourth-order valence-electron chi connectivity index (χ4n) is 2.18. The van der Waals surface area contributed by atoms with Gasteiger partial charge in [-0.3, -0.25) is 0 Å². The molecule has 0 radical (unpaired) electrons. The van der Waals surface area contributed by atoms with Crippen molar-refractivity contribution in [2.45, 2.75) is 11.6 Å². The standard InChI is InChI=1S/C16H10O7/c17-13(15(20-21-15)11-7-3-1-4-8-11)19-14(18)16(22-23-16)12-9-5-2-6-10-12/h1-10H. The van der Waals surface area contributed by atoms with Crippen LogP contribution in [-0.2, 0) is 45.5 Å². The number of rotatable bonds is 4. The van der Waals surface area contributed by atoms with Crippen molar-refractivity contribution in [1.29, 1.82) is 0 Å². The molecule has 0 N–H and O–H groups in total. The van der Waals surface area contributed by atoms with E-state index in [4.69, 9.17) is 24.3 Å². The lowest BCUT2D eigenvalue weighted by molar-refractivity contribution is -0.169. The Morgan fingerprint density at radius 1 is 0.652 bits per heavy atom. The van der Waals surface area contributed by atoms with Gasteiger partial charge in [0.15, 0.2) is 0 Å². The number of hydrogen-bond acceptors (Lipinski definition) is 7. The van der Waals surface area contributed by atoms with Crippen LogP contribution in [0, 0.1) is 0 Å². The van der Waals surface area contributed by atoms with Crippen LogP contribution in [0.15, 0.2) is 60.7 Å². The van der Waals surface area contributed by atoms with Gasteiger partial charge in [-0.2, -0.15) is 19.6 Å². The van der Waals surface area contributed by atoms with Crippen molar-refractivity contribution >= 4 is 11.9 Å². The van der Waals surface area contributed by atoms with E-state index in [9.17, 15) is 9.59 Å². The number of carbonyl (C=O) groups is 2. The van der Waals surface area contributed by atoms with Crippen LogP contribution in [0.2, 0.25) is 0 Å². The number of esters is 2. The zero-order valence-electron chi connectivity index (χ0n) is 11.6. The van der Waals surface area contributed by atoms with Gasteiger partial charge >= 0.3 is 23.5 Å². The molecule has 2 aliphatic heterocycles. The van der Waals surface area contributed by atoms with Crippen molar-refractivity contribution in [1.82, 2.24) is 0 Å². The van der Waals surface area contributed by atoms with Crippen LogP contribution in [-0.4, -0.2) is 11.9 Å². The first-order chi connectivity index (χ1) is 11.2. The van der Waals surface area contributed by atoms with Crippen molar-refractivity contribution in [3.8, 4) is 0 Å². The smallest absolute Gasteiger partial charge is 0.384 e. The van der Waals surface area contributed by atoms with Gasteiger partial charge in [0.05, 0.1) is 0 Å². The molecule has 116 valence electrons. The van der Waals surface area contributed by atoms with Crippen LogP contribution in [0.3, 0.4) is 0 Å². The minimum absolute atomic E-state index is 0.421. The molecule has 0 aromatic heterocycles. The Labute approximate surface area is 130 Å². The molecule has 0 unspecified atom stereocenters. The highest BCUT2D eigenvalue weighted by molar-refractivity contribution is 5.94. The molecule has 0 amide bonds. The largest absolute Gasteiger partial charge is 0.385 e. The summed E-state index contributed by atoms with van der Waals surface area (Å²) < 4.78 is 4.84. The Balaban J connectivity index is 1.53. The average Bonchev–Trinajstić information content (AvgIpc) is 3.50. The van der Waals surface area contributed by atoms with E-state index in [2.05, 4.69) is 0 Å². The van der Waals surface area contributed by atoms with E-state index in [1.165, 1.54) is 0 Å². The predicted molar refractivity (Wildman–Crippen MR) is 71.7 cm³/mol. The van der Waals surface area contributed by atoms with Crippen LogP contribution >= 0.6 is 0 Å². The fourth-order valence-corrected chi connectivity index (χ4v) is 2.18. The van der Waals surface area contributed by atoms with Gasteiger partial charge in [0.2, 0.25) is 0 Å². The molecule has 7 heteroatoms. The summed E-state index contributed by atoms with van der Waals surface area (Å²) >= 11 is 0. The molecule has 2 saturated heterocycles. The SMILES string of the molecule is O=C(OC(=O)C1(c2ccccc2)OO1)C1(c2ccccc2)OO1. The summed E-state index contributed by atoms with van der Waals surface area (Å²) in [6.07, 6.45) is 0. The third-order valence-electron chi connectivity index (χ3n) is 3.53. The summed E-state index contributed by atoms with van der Waals surface area (Å²) in [6.45, 7) is 0. The third kappa shape index (κ3) is 2.23. The Hall–Kier alpha value is -2.58. The minimum Gasteiger partial charge on any atom is -0.384 e. The van der Waals surface area contributed by atoms with Crippen LogP contribution in [0.4, 0.5) is 0 Å². The number of ether oxygens (including phenoxy) is 1. The number of carbonyl (C=O) groups excluding carboxylic acids is 2. The van der Waals surface area contributed by atoms with Gasteiger partial charge < -0.3 is 4.74 Å². The first-order valence-electron chi connectivity index (χ1n) is 6.79. The molecule has 0 aliphatic carbocycles. The predicted octanol–water partition coefficient (Wildman–Crippen LogP) is 1.69. The molecule has 0 atom stereocenters. The maximum absolute atomic E-state index is 12.2. The molecule has 4 rings (SSSR count). The summed E-state index contributed by atoms with van der Waals surface area (Å²) in [7, 11) is 0. The molecule has 0 spiro atoms. The van der Waals surface area contributed by atoms with Crippen LogP contribution < -0.4 is 0 Å². The fraction of sp³-hybridized carbons (Fsp3) is 0.125.